The first-order chi connectivity index (χ1) is 12.3. The molecule has 0 aliphatic carbocycles. The Balaban J connectivity index is 1.87. The maximum atomic E-state index is 4.52. The van der Waals surface area contributed by atoms with Gasteiger partial charge in [0, 0.05) is 0 Å². The summed E-state index contributed by atoms with van der Waals surface area (Å²) in [6.45, 7) is 4.56. The van der Waals surface area contributed by atoms with Crippen LogP contribution in [0.1, 0.15) is 77.2 Å². The minimum Gasteiger partial charge on any atom is -0.0965 e. The fraction of sp³-hybridized carbons (Fsp3) is 0.609. The molecule has 136 valence electrons. The molecule has 2 unspecified atom stereocenters. The molecule has 2 atom stereocenters. The lowest BCUT2D eigenvalue weighted by Crippen LogP contribution is -2.21. The number of aliphatic imine (C=N–C) groups is 2. The zero-order valence-corrected chi connectivity index (χ0v) is 16.2. The molecule has 1 aromatic rings. The van der Waals surface area contributed by atoms with E-state index in [1.807, 2.05) is 12.4 Å². The summed E-state index contributed by atoms with van der Waals surface area (Å²) in [6.07, 6.45) is 17.9. The first-order valence-electron chi connectivity index (χ1n) is 10.3. The Morgan fingerprint density at radius 1 is 0.840 bits per heavy atom. The molecule has 0 fully saturated rings. The Kier molecular flexibility index (Phi) is 9.40. The minimum absolute atomic E-state index is 0.482. The summed E-state index contributed by atoms with van der Waals surface area (Å²) in [5, 5.41) is 0. The second-order valence-corrected chi connectivity index (χ2v) is 7.29. The van der Waals surface area contributed by atoms with Crippen LogP contribution >= 0.6 is 0 Å². The third kappa shape index (κ3) is 7.05. The summed E-state index contributed by atoms with van der Waals surface area (Å²) in [5.74, 6) is 1.13. The van der Waals surface area contributed by atoms with Crippen LogP contribution in [0.25, 0.3) is 0 Å². The van der Waals surface area contributed by atoms with Gasteiger partial charge in [-0.2, -0.15) is 0 Å². The largest absolute Gasteiger partial charge is 0.244 e. The highest BCUT2D eigenvalue weighted by molar-refractivity contribution is 6.18. The fourth-order valence-corrected chi connectivity index (χ4v) is 3.90. The number of hydrogen-bond acceptors (Lipinski definition) is 2. The Morgan fingerprint density at radius 3 is 2.12 bits per heavy atom. The molecular formula is C23H35N2+. The van der Waals surface area contributed by atoms with Gasteiger partial charge in [-0.05, 0) is 30.7 Å². The Hall–Kier alpha value is -1.57. The van der Waals surface area contributed by atoms with Gasteiger partial charge in [0.15, 0.2) is 12.4 Å². The van der Waals surface area contributed by atoms with E-state index in [9.17, 15) is 0 Å². The number of hydrogen-bond donors (Lipinski definition) is 0. The van der Waals surface area contributed by atoms with Gasteiger partial charge in [0.1, 0.15) is 0 Å². The van der Waals surface area contributed by atoms with Crippen molar-refractivity contribution in [1.29, 1.82) is 0 Å². The topological polar surface area (TPSA) is 24.7 Å². The van der Waals surface area contributed by atoms with Crippen LogP contribution in [0.4, 0.5) is 0 Å². The summed E-state index contributed by atoms with van der Waals surface area (Å²) in [6, 6.07) is 10.9. The molecule has 1 aliphatic heterocycles. The molecule has 1 heterocycles. The molecule has 25 heavy (non-hydrogen) atoms. The molecule has 0 bridgehead atoms. The maximum Gasteiger partial charge on any atom is 0.244 e. The first kappa shape index (κ1) is 19.8. The lowest BCUT2D eigenvalue weighted by Gasteiger charge is -2.24. The summed E-state index contributed by atoms with van der Waals surface area (Å²) in [7, 11) is 0. The molecule has 0 amide bonds. The number of nitrogens with zero attached hydrogens (tertiary/aromatic N) is 2. The predicted molar refractivity (Wildman–Crippen MR) is 110 cm³/mol. The third-order valence-electron chi connectivity index (χ3n) is 5.34. The van der Waals surface area contributed by atoms with Gasteiger partial charge in [0.25, 0.3) is 0 Å². The van der Waals surface area contributed by atoms with Crippen molar-refractivity contribution in [2.75, 3.05) is 0 Å². The van der Waals surface area contributed by atoms with Crippen LogP contribution in [0.5, 0.6) is 0 Å². The summed E-state index contributed by atoms with van der Waals surface area (Å²) >= 11 is 0. The molecule has 0 saturated heterocycles. The van der Waals surface area contributed by atoms with E-state index in [1.54, 1.807) is 0 Å². The summed E-state index contributed by atoms with van der Waals surface area (Å²) in [4.78, 5) is 9.03. The highest BCUT2D eigenvalue weighted by atomic mass is 15.0. The van der Waals surface area contributed by atoms with Crippen LogP contribution in [-0.4, -0.2) is 12.4 Å². The van der Waals surface area contributed by atoms with Gasteiger partial charge in [0.2, 0.25) is 6.17 Å². The van der Waals surface area contributed by atoms with Crippen molar-refractivity contribution in [3.05, 3.63) is 42.1 Å². The van der Waals surface area contributed by atoms with E-state index < -0.39 is 0 Å². The monoisotopic (exact) mass is 339 g/mol. The average molecular weight is 340 g/mol. The second-order valence-electron chi connectivity index (χ2n) is 7.29. The van der Waals surface area contributed by atoms with Gasteiger partial charge in [0.05, 0.1) is 5.92 Å². The van der Waals surface area contributed by atoms with Gasteiger partial charge in [-0.1, -0.05) is 99.1 Å². The minimum atomic E-state index is 0.482. The normalized spacial score (nSPS) is 15.7. The zero-order chi connectivity index (χ0) is 17.7. The average Bonchev–Trinajstić information content (AvgIpc) is 3.16. The smallest absolute Gasteiger partial charge is 0.0965 e. The van der Waals surface area contributed by atoms with Crippen LogP contribution in [0.3, 0.4) is 0 Å². The number of unbranched alkanes of at least 4 members (excludes halogenated alkanes) is 6. The Bertz CT molecular complexity index is 494. The Labute approximate surface area is 154 Å². The number of benzene rings is 1. The van der Waals surface area contributed by atoms with Crippen molar-refractivity contribution in [2.45, 2.75) is 78.1 Å². The van der Waals surface area contributed by atoms with E-state index in [0.29, 0.717) is 11.8 Å². The van der Waals surface area contributed by atoms with Crippen molar-refractivity contribution in [3.8, 4) is 0 Å². The molecule has 1 aliphatic rings. The van der Waals surface area contributed by atoms with Crippen molar-refractivity contribution >= 4 is 12.4 Å². The van der Waals surface area contributed by atoms with Crippen molar-refractivity contribution < 1.29 is 0 Å². The molecule has 0 aromatic heterocycles. The highest BCUT2D eigenvalue weighted by Crippen LogP contribution is 2.35. The van der Waals surface area contributed by atoms with E-state index >= 15 is 0 Å². The maximum absolute atomic E-state index is 4.52. The van der Waals surface area contributed by atoms with Crippen molar-refractivity contribution in [2.24, 2.45) is 21.8 Å². The molecule has 2 nitrogen and oxygen atoms in total. The fourth-order valence-electron chi connectivity index (χ4n) is 3.90. The van der Waals surface area contributed by atoms with E-state index in [0.717, 1.165) is 19.0 Å². The lowest BCUT2D eigenvalue weighted by atomic mass is 9.80. The highest BCUT2D eigenvalue weighted by Gasteiger charge is 2.34. The first-order valence-corrected chi connectivity index (χ1v) is 10.3. The van der Waals surface area contributed by atoms with Crippen LogP contribution in [-0.2, 0) is 6.42 Å². The molecule has 0 spiro atoms. The van der Waals surface area contributed by atoms with Gasteiger partial charge in [-0.15, -0.1) is 0 Å². The molecule has 1 aromatic carbocycles. The van der Waals surface area contributed by atoms with E-state index in [4.69, 9.17) is 0 Å². The third-order valence-corrected chi connectivity index (χ3v) is 5.34. The predicted octanol–water partition coefficient (Wildman–Crippen LogP) is 6.66. The number of rotatable bonds is 13. The van der Waals surface area contributed by atoms with Crippen LogP contribution in [0.2, 0.25) is 0 Å². The quantitative estimate of drug-likeness (QED) is 0.284. The van der Waals surface area contributed by atoms with Crippen LogP contribution in [0, 0.1) is 18.0 Å². The van der Waals surface area contributed by atoms with Gasteiger partial charge >= 0.3 is 0 Å². The van der Waals surface area contributed by atoms with Gasteiger partial charge in [-0.3, -0.25) is 0 Å². The second kappa shape index (κ2) is 11.9. The standard InChI is InChI=1S/C23H35N2/c1-3-5-6-7-8-9-13-16-21(19-20-14-11-10-12-15-20)22(4-2)23-24-17-18-25-23/h10-12,14-15,17-18,21-22H,3-9,13,16,19H2,1-2H3/q+1. The summed E-state index contributed by atoms with van der Waals surface area (Å²) < 4.78 is 0. The molecule has 2 heteroatoms. The van der Waals surface area contributed by atoms with E-state index in [2.05, 4.69) is 54.2 Å². The molecule has 0 saturated carbocycles. The Morgan fingerprint density at radius 2 is 1.48 bits per heavy atom. The van der Waals surface area contributed by atoms with Gasteiger partial charge < -0.3 is 0 Å². The molecule has 0 N–H and O–H groups in total. The van der Waals surface area contributed by atoms with Crippen LogP contribution in [0.15, 0.2) is 40.3 Å². The van der Waals surface area contributed by atoms with Crippen molar-refractivity contribution in [1.82, 2.24) is 0 Å². The molecule has 2 rings (SSSR count). The van der Waals surface area contributed by atoms with E-state index in [-0.39, 0.29) is 0 Å². The van der Waals surface area contributed by atoms with Crippen LogP contribution < -0.4 is 0 Å². The summed E-state index contributed by atoms with van der Waals surface area (Å²) in [5.41, 5.74) is 1.44. The van der Waals surface area contributed by atoms with E-state index in [1.165, 1.54) is 56.9 Å². The van der Waals surface area contributed by atoms with Crippen molar-refractivity contribution in [3.63, 3.8) is 0 Å². The van der Waals surface area contributed by atoms with Gasteiger partial charge in [-0.25, -0.2) is 0 Å². The molecular weight excluding hydrogens is 304 g/mol. The lowest BCUT2D eigenvalue weighted by molar-refractivity contribution is 0.300. The zero-order valence-electron chi connectivity index (χ0n) is 16.2. The SMILES string of the molecule is CCCCCCCCCC(Cc1ccccc1)C(CC)[C+]1N=CC=N1. The molecule has 0 radical (unpaired) electrons.